The number of para-hydroxylation sites is 2. The maximum absolute atomic E-state index is 13.9. The van der Waals surface area contributed by atoms with Gasteiger partial charge in [0.1, 0.15) is 11.3 Å². The van der Waals surface area contributed by atoms with Crippen molar-refractivity contribution in [2.24, 2.45) is 0 Å². The van der Waals surface area contributed by atoms with E-state index in [2.05, 4.69) is 4.98 Å². The summed E-state index contributed by atoms with van der Waals surface area (Å²) in [6.45, 7) is 0. The SMILES string of the molecule is O=C(O)C/C(=C\c1c(F)cccc1Cl)c1nc2ccccc2o1. The molecular weight excluding hydrogens is 321 g/mol. The highest BCUT2D eigenvalue weighted by atomic mass is 35.5. The molecule has 0 unspecified atom stereocenters. The molecule has 3 rings (SSSR count). The Balaban J connectivity index is 2.14. The molecule has 23 heavy (non-hydrogen) atoms. The summed E-state index contributed by atoms with van der Waals surface area (Å²) in [6.07, 6.45) is 0.994. The fourth-order valence-corrected chi connectivity index (χ4v) is 2.40. The molecule has 0 amide bonds. The number of nitrogens with zero attached hydrogens (tertiary/aromatic N) is 1. The van der Waals surface area contributed by atoms with Crippen molar-refractivity contribution in [3.05, 3.63) is 64.8 Å². The van der Waals surface area contributed by atoms with Gasteiger partial charge in [-0.25, -0.2) is 9.37 Å². The molecule has 0 aliphatic carbocycles. The number of carbonyl (C=O) groups is 1. The van der Waals surface area contributed by atoms with Crippen LogP contribution in [0.2, 0.25) is 5.02 Å². The van der Waals surface area contributed by atoms with E-state index in [1.165, 1.54) is 24.3 Å². The summed E-state index contributed by atoms with van der Waals surface area (Å²) < 4.78 is 19.5. The fourth-order valence-electron chi connectivity index (χ4n) is 2.18. The van der Waals surface area contributed by atoms with Gasteiger partial charge in [-0.3, -0.25) is 4.79 Å². The largest absolute Gasteiger partial charge is 0.481 e. The highest BCUT2D eigenvalue weighted by Crippen LogP contribution is 2.28. The van der Waals surface area contributed by atoms with Gasteiger partial charge in [0.2, 0.25) is 5.89 Å². The van der Waals surface area contributed by atoms with Crippen LogP contribution in [0, 0.1) is 5.82 Å². The van der Waals surface area contributed by atoms with Crippen molar-refractivity contribution in [1.82, 2.24) is 4.98 Å². The van der Waals surface area contributed by atoms with E-state index in [4.69, 9.17) is 21.1 Å². The topological polar surface area (TPSA) is 63.3 Å². The van der Waals surface area contributed by atoms with Crippen LogP contribution in [0.15, 0.2) is 46.9 Å². The van der Waals surface area contributed by atoms with Crippen LogP contribution in [0.4, 0.5) is 4.39 Å². The summed E-state index contributed by atoms with van der Waals surface area (Å²) in [7, 11) is 0. The molecule has 0 fully saturated rings. The average molecular weight is 332 g/mol. The predicted octanol–water partition coefficient (Wildman–Crippen LogP) is 4.64. The normalized spacial score (nSPS) is 11.8. The third-order valence-corrected chi connectivity index (χ3v) is 3.56. The van der Waals surface area contributed by atoms with Crippen LogP contribution >= 0.6 is 11.6 Å². The molecule has 0 saturated heterocycles. The lowest BCUT2D eigenvalue weighted by Gasteiger charge is -2.04. The Hall–Kier alpha value is -2.66. The van der Waals surface area contributed by atoms with E-state index in [-0.39, 0.29) is 28.5 Å². The Morgan fingerprint density at radius 3 is 2.74 bits per heavy atom. The molecule has 3 aromatic rings. The minimum atomic E-state index is -1.08. The lowest BCUT2D eigenvalue weighted by atomic mass is 10.1. The molecule has 1 heterocycles. The number of oxazole rings is 1. The number of aliphatic carboxylic acids is 1. The molecular formula is C17H11ClFNO3. The minimum Gasteiger partial charge on any atom is -0.481 e. The smallest absolute Gasteiger partial charge is 0.308 e. The monoisotopic (exact) mass is 331 g/mol. The Morgan fingerprint density at radius 2 is 2.04 bits per heavy atom. The van der Waals surface area contributed by atoms with Crippen molar-refractivity contribution in [1.29, 1.82) is 0 Å². The molecule has 2 aromatic carbocycles. The Morgan fingerprint density at radius 1 is 1.26 bits per heavy atom. The molecule has 116 valence electrons. The van der Waals surface area contributed by atoms with Gasteiger partial charge in [0.25, 0.3) is 0 Å². The van der Waals surface area contributed by atoms with Crippen molar-refractivity contribution in [2.45, 2.75) is 6.42 Å². The number of rotatable bonds is 4. The Labute approximate surface area is 135 Å². The van der Waals surface area contributed by atoms with Gasteiger partial charge in [0.05, 0.1) is 11.4 Å². The maximum Gasteiger partial charge on any atom is 0.308 e. The maximum atomic E-state index is 13.9. The van der Waals surface area contributed by atoms with Crippen molar-refractivity contribution in [3.8, 4) is 0 Å². The molecule has 4 nitrogen and oxygen atoms in total. The summed E-state index contributed by atoms with van der Waals surface area (Å²) in [5.41, 5.74) is 1.46. The highest BCUT2D eigenvalue weighted by Gasteiger charge is 2.16. The number of aromatic nitrogens is 1. The lowest BCUT2D eigenvalue weighted by Crippen LogP contribution is -1.98. The van der Waals surface area contributed by atoms with Crippen LogP contribution in [0.3, 0.4) is 0 Å². The molecule has 1 aromatic heterocycles. The molecule has 0 spiro atoms. The molecule has 0 aliphatic heterocycles. The summed E-state index contributed by atoms with van der Waals surface area (Å²) in [4.78, 5) is 15.4. The predicted molar refractivity (Wildman–Crippen MR) is 85.5 cm³/mol. The van der Waals surface area contributed by atoms with E-state index in [1.807, 2.05) is 0 Å². The zero-order valence-corrected chi connectivity index (χ0v) is 12.5. The molecule has 0 aliphatic rings. The Bertz CT molecular complexity index is 864. The van der Waals surface area contributed by atoms with Gasteiger partial charge >= 0.3 is 5.97 Å². The molecule has 1 N–H and O–H groups in total. The second-order valence-corrected chi connectivity index (χ2v) is 5.27. The van der Waals surface area contributed by atoms with Gasteiger partial charge in [-0.15, -0.1) is 0 Å². The van der Waals surface area contributed by atoms with Crippen LogP contribution in [0.25, 0.3) is 22.7 Å². The van der Waals surface area contributed by atoms with Gasteiger partial charge in [-0.05, 0) is 30.3 Å². The van der Waals surface area contributed by atoms with E-state index in [0.29, 0.717) is 11.1 Å². The third kappa shape index (κ3) is 3.24. The fraction of sp³-hybridized carbons (Fsp3) is 0.0588. The average Bonchev–Trinajstić information content (AvgIpc) is 2.93. The van der Waals surface area contributed by atoms with Crippen LogP contribution in [-0.4, -0.2) is 16.1 Å². The number of hydrogen-bond acceptors (Lipinski definition) is 3. The van der Waals surface area contributed by atoms with Gasteiger partial charge in [-0.1, -0.05) is 29.8 Å². The first kappa shape index (κ1) is 15.2. The second kappa shape index (κ2) is 6.22. The summed E-state index contributed by atoms with van der Waals surface area (Å²) in [6, 6.07) is 11.3. The zero-order chi connectivity index (χ0) is 16.4. The number of carboxylic acid groups (broad SMARTS) is 1. The summed E-state index contributed by atoms with van der Waals surface area (Å²) in [5, 5.41) is 9.28. The molecule has 0 radical (unpaired) electrons. The number of hydrogen-bond donors (Lipinski definition) is 1. The molecule has 0 bridgehead atoms. The quantitative estimate of drug-likeness (QED) is 0.756. The third-order valence-electron chi connectivity index (χ3n) is 3.23. The van der Waals surface area contributed by atoms with Crippen LogP contribution < -0.4 is 0 Å². The minimum absolute atomic E-state index is 0.104. The van der Waals surface area contributed by atoms with E-state index in [9.17, 15) is 9.18 Å². The number of fused-ring (bicyclic) bond motifs is 1. The van der Waals surface area contributed by atoms with Crippen LogP contribution in [0.1, 0.15) is 17.9 Å². The van der Waals surface area contributed by atoms with Crippen molar-refractivity contribution in [3.63, 3.8) is 0 Å². The van der Waals surface area contributed by atoms with E-state index < -0.39 is 11.8 Å². The summed E-state index contributed by atoms with van der Waals surface area (Å²) >= 11 is 5.99. The van der Waals surface area contributed by atoms with Gasteiger partial charge < -0.3 is 9.52 Å². The van der Waals surface area contributed by atoms with Crippen molar-refractivity contribution >= 4 is 40.3 Å². The summed E-state index contributed by atoms with van der Waals surface area (Å²) in [5.74, 6) is -1.49. The number of halogens is 2. The lowest BCUT2D eigenvalue weighted by molar-refractivity contribution is -0.135. The molecule has 0 saturated carbocycles. The van der Waals surface area contributed by atoms with Crippen LogP contribution in [-0.2, 0) is 4.79 Å². The first-order valence-corrected chi connectivity index (χ1v) is 7.14. The van der Waals surface area contributed by atoms with Crippen molar-refractivity contribution in [2.75, 3.05) is 0 Å². The molecule has 0 atom stereocenters. The van der Waals surface area contributed by atoms with E-state index >= 15 is 0 Å². The zero-order valence-electron chi connectivity index (χ0n) is 11.8. The molecule has 6 heteroatoms. The van der Waals surface area contributed by atoms with Gasteiger partial charge in [0.15, 0.2) is 5.58 Å². The first-order valence-electron chi connectivity index (χ1n) is 6.77. The first-order chi connectivity index (χ1) is 11.0. The standard InChI is InChI=1S/C17H11ClFNO3/c18-12-4-3-5-13(19)11(12)8-10(9-16(21)22)17-20-14-6-1-2-7-15(14)23-17/h1-8H,9H2,(H,21,22)/b10-8+. The van der Waals surface area contributed by atoms with Crippen LogP contribution in [0.5, 0.6) is 0 Å². The number of carboxylic acids is 1. The highest BCUT2D eigenvalue weighted by molar-refractivity contribution is 6.32. The second-order valence-electron chi connectivity index (χ2n) is 4.86. The Kier molecular flexibility index (Phi) is 4.12. The van der Waals surface area contributed by atoms with E-state index in [1.54, 1.807) is 24.3 Å². The van der Waals surface area contributed by atoms with Gasteiger partial charge in [0, 0.05) is 11.1 Å². The van der Waals surface area contributed by atoms with Crippen molar-refractivity contribution < 1.29 is 18.7 Å². The van der Waals surface area contributed by atoms with Gasteiger partial charge in [-0.2, -0.15) is 0 Å². The number of benzene rings is 2. The van der Waals surface area contributed by atoms with E-state index in [0.717, 1.165) is 0 Å².